The van der Waals surface area contributed by atoms with Gasteiger partial charge >= 0.3 is 12.3 Å². The number of carbonyl (C=O) groups is 2. The van der Waals surface area contributed by atoms with E-state index in [1.807, 2.05) is 0 Å². The Morgan fingerprint density at radius 2 is 1.82 bits per heavy atom. The number of aromatic nitrogens is 2. The topological polar surface area (TPSA) is 87.9 Å². The number of hydrogen-bond acceptors (Lipinski definition) is 5. The largest absolute Gasteiger partial charge is 0.445 e. The standard InChI is InChI=1S/C21H22ClF3N4O4/c22-15-8-13(7-14(9-15)21(23,24)25)12-33-20(32)28-5-6-29-16(11-28)10-18(26-29)19(31)27-3-1-17(30)2-4-27/h7-10,17,30H,1-6,11-12H2. The highest BCUT2D eigenvalue weighted by molar-refractivity contribution is 6.30. The summed E-state index contributed by atoms with van der Waals surface area (Å²) in [6, 6.07) is 4.64. The van der Waals surface area contributed by atoms with Crippen molar-refractivity contribution in [1.82, 2.24) is 19.6 Å². The Bertz CT molecular complexity index is 1050. The highest BCUT2D eigenvalue weighted by Gasteiger charge is 2.32. The average molecular weight is 487 g/mol. The van der Waals surface area contributed by atoms with Crippen LogP contribution in [0.1, 0.15) is 40.2 Å². The van der Waals surface area contributed by atoms with Gasteiger partial charge in [0.2, 0.25) is 0 Å². The van der Waals surface area contributed by atoms with Crippen molar-refractivity contribution in [1.29, 1.82) is 0 Å². The fraction of sp³-hybridized carbons (Fsp3) is 0.476. The molecule has 1 fully saturated rings. The first-order valence-electron chi connectivity index (χ1n) is 10.4. The summed E-state index contributed by atoms with van der Waals surface area (Å²) >= 11 is 5.76. The third-order valence-corrected chi connectivity index (χ3v) is 5.89. The second kappa shape index (κ2) is 9.22. The van der Waals surface area contributed by atoms with E-state index >= 15 is 0 Å². The van der Waals surface area contributed by atoms with E-state index in [1.54, 1.807) is 15.6 Å². The molecule has 2 amide bonds. The minimum atomic E-state index is -4.56. The summed E-state index contributed by atoms with van der Waals surface area (Å²) in [6.07, 6.45) is -4.59. The zero-order valence-electron chi connectivity index (χ0n) is 17.5. The number of amides is 2. The number of alkyl halides is 3. The van der Waals surface area contributed by atoms with E-state index < -0.39 is 23.9 Å². The van der Waals surface area contributed by atoms with Crippen molar-refractivity contribution >= 4 is 23.6 Å². The first kappa shape index (κ1) is 23.4. The van der Waals surface area contributed by atoms with Gasteiger partial charge in [0, 0.05) is 24.7 Å². The molecule has 1 aromatic heterocycles. The van der Waals surface area contributed by atoms with E-state index in [0.717, 1.165) is 12.1 Å². The van der Waals surface area contributed by atoms with Crippen LogP contribution in [0.3, 0.4) is 0 Å². The van der Waals surface area contributed by atoms with Crippen LogP contribution < -0.4 is 0 Å². The van der Waals surface area contributed by atoms with Gasteiger partial charge in [0.05, 0.1) is 30.5 Å². The smallest absolute Gasteiger partial charge is 0.416 e. The molecular weight excluding hydrogens is 465 g/mol. The molecular formula is C21H22ClF3N4O4. The maximum atomic E-state index is 13.0. The van der Waals surface area contributed by atoms with Crippen LogP contribution >= 0.6 is 11.6 Å². The molecule has 12 heteroatoms. The fourth-order valence-corrected chi connectivity index (χ4v) is 4.15. The molecule has 0 saturated carbocycles. The van der Waals surface area contributed by atoms with Crippen LogP contribution in [0.25, 0.3) is 0 Å². The Morgan fingerprint density at radius 1 is 1.09 bits per heavy atom. The van der Waals surface area contributed by atoms with E-state index in [0.29, 0.717) is 38.2 Å². The molecule has 4 rings (SSSR count). The molecule has 1 aromatic carbocycles. The van der Waals surface area contributed by atoms with E-state index in [2.05, 4.69) is 5.10 Å². The highest BCUT2D eigenvalue weighted by atomic mass is 35.5. The number of nitrogens with zero attached hydrogens (tertiary/aromatic N) is 4. The van der Waals surface area contributed by atoms with E-state index in [-0.39, 0.29) is 41.9 Å². The molecule has 0 aliphatic carbocycles. The fourth-order valence-electron chi connectivity index (χ4n) is 3.89. The van der Waals surface area contributed by atoms with Gasteiger partial charge < -0.3 is 19.6 Å². The Morgan fingerprint density at radius 3 is 2.52 bits per heavy atom. The zero-order valence-corrected chi connectivity index (χ0v) is 18.3. The first-order valence-corrected chi connectivity index (χ1v) is 10.8. The third-order valence-electron chi connectivity index (χ3n) is 5.67. The molecule has 2 aromatic rings. The van der Waals surface area contributed by atoms with Gasteiger partial charge in [0.1, 0.15) is 6.61 Å². The van der Waals surface area contributed by atoms with Crippen LogP contribution in [0.15, 0.2) is 24.3 Å². The summed E-state index contributed by atoms with van der Waals surface area (Å²) in [4.78, 5) is 28.2. The molecule has 1 N–H and O–H groups in total. The van der Waals surface area contributed by atoms with Gasteiger partial charge in [-0.1, -0.05) is 11.6 Å². The molecule has 33 heavy (non-hydrogen) atoms. The maximum Gasteiger partial charge on any atom is 0.416 e. The summed E-state index contributed by atoms with van der Waals surface area (Å²) in [7, 11) is 0. The average Bonchev–Trinajstić information content (AvgIpc) is 3.20. The number of aliphatic hydroxyl groups excluding tert-OH is 1. The van der Waals surface area contributed by atoms with Crippen molar-refractivity contribution < 1.29 is 32.6 Å². The van der Waals surface area contributed by atoms with Crippen LogP contribution in [0, 0.1) is 0 Å². The van der Waals surface area contributed by atoms with Crippen LogP contribution in [-0.2, 0) is 30.6 Å². The Balaban J connectivity index is 1.37. The van der Waals surface area contributed by atoms with E-state index in [1.165, 1.54) is 11.0 Å². The highest BCUT2D eigenvalue weighted by Crippen LogP contribution is 2.32. The second-order valence-electron chi connectivity index (χ2n) is 8.09. The summed E-state index contributed by atoms with van der Waals surface area (Å²) < 4.78 is 45.7. The Hall–Kier alpha value is -2.79. The molecule has 0 bridgehead atoms. The number of rotatable bonds is 3. The maximum absolute atomic E-state index is 13.0. The number of halogens is 4. The van der Waals surface area contributed by atoms with Crippen molar-refractivity contribution in [3.63, 3.8) is 0 Å². The molecule has 8 nitrogen and oxygen atoms in total. The summed E-state index contributed by atoms with van der Waals surface area (Å²) in [5.74, 6) is -0.223. The number of hydrogen-bond donors (Lipinski definition) is 1. The molecule has 0 radical (unpaired) electrons. The number of piperidine rings is 1. The molecule has 0 unspecified atom stereocenters. The zero-order chi connectivity index (χ0) is 23.8. The first-order chi connectivity index (χ1) is 15.6. The normalized spacial score (nSPS) is 17.1. The van der Waals surface area contributed by atoms with Crippen LogP contribution in [-0.4, -0.2) is 62.4 Å². The van der Waals surface area contributed by atoms with Crippen LogP contribution in [0.4, 0.5) is 18.0 Å². The molecule has 0 spiro atoms. The lowest BCUT2D eigenvalue weighted by atomic mass is 10.1. The van der Waals surface area contributed by atoms with Crippen molar-refractivity contribution in [3.05, 3.63) is 51.8 Å². The lowest BCUT2D eigenvalue weighted by Gasteiger charge is -2.28. The SMILES string of the molecule is O=C(OCc1cc(Cl)cc(C(F)(F)F)c1)N1CCn2nc(C(=O)N3CCC(O)CC3)cc2C1. The quantitative estimate of drug-likeness (QED) is 0.719. The molecule has 2 aliphatic rings. The number of benzene rings is 1. The van der Waals surface area contributed by atoms with Crippen LogP contribution in [0.5, 0.6) is 0 Å². The number of ether oxygens (including phenoxy) is 1. The monoisotopic (exact) mass is 486 g/mol. The molecule has 178 valence electrons. The van der Waals surface area contributed by atoms with E-state index in [4.69, 9.17) is 16.3 Å². The predicted molar refractivity (Wildman–Crippen MR) is 110 cm³/mol. The van der Waals surface area contributed by atoms with Crippen molar-refractivity contribution in [2.75, 3.05) is 19.6 Å². The van der Waals surface area contributed by atoms with Crippen molar-refractivity contribution in [3.8, 4) is 0 Å². The summed E-state index contributed by atoms with van der Waals surface area (Å²) in [6.45, 7) is 1.34. The van der Waals surface area contributed by atoms with Gasteiger partial charge in [-0.05, 0) is 42.7 Å². The summed E-state index contributed by atoms with van der Waals surface area (Å²) in [5, 5.41) is 13.8. The van der Waals surface area contributed by atoms with Gasteiger partial charge in [-0.25, -0.2) is 4.79 Å². The van der Waals surface area contributed by atoms with Gasteiger partial charge in [-0.2, -0.15) is 18.3 Å². The minimum absolute atomic E-state index is 0.0989. The number of fused-ring (bicyclic) bond motifs is 1. The molecule has 2 aliphatic heterocycles. The van der Waals surface area contributed by atoms with Gasteiger partial charge in [0.25, 0.3) is 5.91 Å². The van der Waals surface area contributed by atoms with Gasteiger partial charge in [0.15, 0.2) is 5.69 Å². The second-order valence-corrected chi connectivity index (χ2v) is 8.53. The molecule has 0 atom stereocenters. The van der Waals surface area contributed by atoms with Gasteiger partial charge in [-0.3, -0.25) is 9.48 Å². The van der Waals surface area contributed by atoms with Crippen molar-refractivity contribution in [2.24, 2.45) is 0 Å². The predicted octanol–water partition coefficient (Wildman–Crippen LogP) is 3.30. The Kier molecular flexibility index (Phi) is 6.53. The van der Waals surface area contributed by atoms with Crippen LogP contribution in [0.2, 0.25) is 5.02 Å². The lowest BCUT2D eigenvalue weighted by molar-refractivity contribution is -0.137. The number of aliphatic hydroxyl groups is 1. The Labute approximate surface area is 192 Å². The number of likely N-dealkylation sites (tertiary alicyclic amines) is 1. The van der Waals surface area contributed by atoms with Crippen molar-refractivity contribution in [2.45, 2.75) is 44.8 Å². The molecule has 1 saturated heterocycles. The molecule has 3 heterocycles. The lowest BCUT2D eigenvalue weighted by Crippen LogP contribution is -2.40. The minimum Gasteiger partial charge on any atom is -0.445 e. The third kappa shape index (κ3) is 5.41. The summed E-state index contributed by atoms with van der Waals surface area (Å²) in [5.41, 5.74) is 0.143. The number of carbonyl (C=O) groups excluding carboxylic acids is 2. The van der Waals surface area contributed by atoms with E-state index in [9.17, 15) is 27.9 Å². The van der Waals surface area contributed by atoms with Gasteiger partial charge in [-0.15, -0.1) is 0 Å².